The van der Waals surface area contributed by atoms with E-state index in [4.69, 9.17) is 5.73 Å². The van der Waals surface area contributed by atoms with Crippen LogP contribution in [0.3, 0.4) is 0 Å². The Morgan fingerprint density at radius 2 is 2.20 bits per heavy atom. The number of hydrogen-bond acceptors (Lipinski definition) is 3. The van der Waals surface area contributed by atoms with Crippen LogP contribution in [0, 0.1) is 0 Å². The van der Waals surface area contributed by atoms with Gasteiger partial charge in [-0.2, -0.15) is 0 Å². The van der Waals surface area contributed by atoms with E-state index in [2.05, 4.69) is 37.7 Å². The van der Waals surface area contributed by atoms with Crippen molar-refractivity contribution in [3.05, 3.63) is 0 Å². The standard InChI is InChI=1S/C12H27N3/c1-5-7-15(4)12(10-13)6-8-14(3)11(2)9-12/h11H,5-10,13H2,1-4H3. The van der Waals surface area contributed by atoms with Crippen LogP contribution in [-0.2, 0) is 0 Å². The fraction of sp³-hybridized carbons (Fsp3) is 1.00. The number of likely N-dealkylation sites (N-methyl/N-ethyl adjacent to an activating group) is 1. The van der Waals surface area contributed by atoms with Gasteiger partial charge in [-0.25, -0.2) is 0 Å². The fourth-order valence-electron chi connectivity index (χ4n) is 2.67. The van der Waals surface area contributed by atoms with E-state index in [9.17, 15) is 0 Å². The van der Waals surface area contributed by atoms with Crippen LogP contribution in [0.5, 0.6) is 0 Å². The van der Waals surface area contributed by atoms with Crippen molar-refractivity contribution >= 4 is 0 Å². The summed E-state index contributed by atoms with van der Waals surface area (Å²) in [6.07, 6.45) is 3.62. The third-order valence-electron chi connectivity index (χ3n) is 4.11. The summed E-state index contributed by atoms with van der Waals surface area (Å²) in [5, 5.41) is 0. The molecule has 0 spiro atoms. The molecule has 1 aliphatic heterocycles. The largest absolute Gasteiger partial charge is 0.329 e. The predicted molar refractivity (Wildman–Crippen MR) is 66.0 cm³/mol. The third-order valence-corrected chi connectivity index (χ3v) is 4.11. The number of nitrogens with two attached hydrogens (primary N) is 1. The summed E-state index contributed by atoms with van der Waals surface area (Å²) < 4.78 is 0. The van der Waals surface area contributed by atoms with Gasteiger partial charge in [-0.15, -0.1) is 0 Å². The zero-order valence-electron chi connectivity index (χ0n) is 10.8. The highest BCUT2D eigenvalue weighted by Crippen LogP contribution is 2.30. The maximum Gasteiger partial charge on any atom is 0.0355 e. The molecule has 1 fully saturated rings. The van der Waals surface area contributed by atoms with Gasteiger partial charge in [0.2, 0.25) is 0 Å². The number of nitrogens with zero attached hydrogens (tertiary/aromatic N) is 2. The molecule has 3 nitrogen and oxygen atoms in total. The number of likely N-dealkylation sites (tertiary alicyclic amines) is 1. The first-order valence-corrected chi connectivity index (χ1v) is 6.17. The van der Waals surface area contributed by atoms with Gasteiger partial charge in [0, 0.05) is 18.1 Å². The summed E-state index contributed by atoms with van der Waals surface area (Å²) in [4.78, 5) is 4.92. The first-order chi connectivity index (χ1) is 7.05. The first kappa shape index (κ1) is 12.9. The van der Waals surface area contributed by atoms with Crippen LogP contribution in [-0.4, -0.2) is 55.1 Å². The van der Waals surface area contributed by atoms with Crippen molar-refractivity contribution in [2.45, 2.75) is 44.7 Å². The molecule has 1 aliphatic rings. The summed E-state index contributed by atoms with van der Waals surface area (Å²) in [6.45, 7) is 7.67. The predicted octanol–water partition coefficient (Wildman–Crippen LogP) is 1.14. The van der Waals surface area contributed by atoms with Crippen LogP contribution in [0.25, 0.3) is 0 Å². The van der Waals surface area contributed by atoms with Gasteiger partial charge in [-0.1, -0.05) is 6.92 Å². The third kappa shape index (κ3) is 2.71. The lowest BCUT2D eigenvalue weighted by atomic mass is 9.82. The lowest BCUT2D eigenvalue weighted by Gasteiger charge is -2.49. The van der Waals surface area contributed by atoms with Crippen molar-refractivity contribution < 1.29 is 0 Å². The van der Waals surface area contributed by atoms with E-state index in [1.54, 1.807) is 0 Å². The Hall–Kier alpha value is -0.120. The van der Waals surface area contributed by atoms with Crippen molar-refractivity contribution in [3.8, 4) is 0 Å². The molecule has 0 aromatic carbocycles. The maximum absolute atomic E-state index is 6.02. The molecular weight excluding hydrogens is 186 g/mol. The molecule has 1 rings (SSSR count). The topological polar surface area (TPSA) is 32.5 Å². The van der Waals surface area contributed by atoms with E-state index >= 15 is 0 Å². The normalized spacial score (nSPS) is 33.6. The van der Waals surface area contributed by atoms with Crippen molar-refractivity contribution in [2.75, 3.05) is 33.7 Å². The summed E-state index contributed by atoms with van der Waals surface area (Å²) in [6, 6.07) is 0.654. The SMILES string of the molecule is CCCN(C)C1(CN)CCN(C)C(C)C1. The molecule has 3 heteroatoms. The molecule has 0 saturated carbocycles. The Balaban J connectivity index is 2.68. The average molecular weight is 213 g/mol. The van der Waals surface area contributed by atoms with Gasteiger partial charge < -0.3 is 10.6 Å². The van der Waals surface area contributed by atoms with Crippen LogP contribution < -0.4 is 5.73 Å². The molecule has 0 aromatic heterocycles. The molecule has 1 saturated heterocycles. The zero-order chi connectivity index (χ0) is 11.5. The van der Waals surface area contributed by atoms with Crippen LogP contribution in [0.1, 0.15) is 33.1 Å². The lowest BCUT2D eigenvalue weighted by Crippen LogP contribution is -2.60. The Bertz CT molecular complexity index is 195. The lowest BCUT2D eigenvalue weighted by molar-refractivity contribution is 0.0270. The summed E-state index contributed by atoms with van der Waals surface area (Å²) in [5.41, 5.74) is 6.27. The van der Waals surface area contributed by atoms with Gasteiger partial charge >= 0.3 is 0 Å². The second-order valence-corrected chi connectivity index (χ2v) is 5.13. The number of rotatable bonds is 4. The van der Waals surface area contributed by atoms with Gasteiger partial charge in [-0.3, -0.25) is 4.90 Å². The van der Waals surface area contributed by atoms with E-state index in [-0.39, 0.29) is 5.54 Å². The molecule has 0 amide bonds. The Morgan fingerprint density at radius 1 is 1.53 bits per heavy atom. The highest BCUT2D eigenvalue weighted by Gasteiger charge is 2.38. The Morgan fingerprint density at radius 3 is 2.67 bits per heavy atom. The van der Waals surface area contributed by atoms with Gasteiger partial charge in [0.25, 0.3) is 0 Å². The minimum Gasteiger partial charge on any atom is -0.329 e. The molecule has 1 heterocycles. The number of piperidine rings is 1. The van der Waals surface area contributed by atoms with Crippen molar-refractivity contribution in [2.24, 2.45) is 5.73 Å². The fourth-order valence-corrected chi connectivity index (χ4v) is 2.67. The highest BCUT2D eigenvalue weighted by atomic mass is 15.2. The molecule has 90 valence electrons. The quantitative estimate of drug-likeness (QED) is 0.760. The van der Waals surface area contributed by atoms with Crippen LogP contribution in [0.15, 0.2) is 0 Å². The van der Waals surface area contributed by atoms with Gasteiger partial charge in [0.1, 0.15) is 0 Å². The van der Waals surface area contributed by atoms with Crippen LogP contribution >= 0.6 is 0 Å². The molecular formula is C12H27N3. The highest BCUT2D eigenvalue weighted by molar-refractivity contribution is 4.97. The van der Waals surface area contributed by atoms with Crippen LogP contribution in [0.2, 0.25) is 0 Å². The van der Waals surface area contributed by atoms with Gasteiger partial charge in [0.05, 0.1) is 0 Å². The molecule has 0 aliphatic carbocycles. The second kappa shape index (κ2) is 5.28. The van der Waals surface area contributed by atoms with Crippen molar-refractivity contribution in [1.82, 2.24) is 9.80 Å². The van der Waals surface area contributed by atoms with Crippen LogP contribution in [0.4, 0.5) is 0 Å². The monoisotopic (exact) mass is 213 g/mol. The summed E-state index contributed by atoms with van der Waals surface area (Å²) in [7, 11) is 4.44. The molecule has 2 N–H and O–H groups in total. The van der Waals surface area contributed by atoms with E-state index in [1.165, 1.54) is 25.8 Å². The Kier molecular flexibility index (Phi) is 4.56. The van der Waals surface area contributed by atoms with E-state index in [1.807, 2.05) is 0 Å². The second-order valence-electron chi connectivity index (χ2n) is 5.13. The molecule has 0 radical (unpaired) electrons. The molecule has 0 bridgehead atoms. The van der Waals surface area contributed by atoms with Gasteiger partial charge in [-0.05, 0) is 53.4 Å². The molecule has 2 unspecified atom stereocenters. The van der Waals surface area contributed by atoms with E-state index in [0.717, 1.165) is 13.1 Å². The zero-order valence-corrected chi connectivity index (χ0v) is 10.8. The summed E-state index contributed by atoms with van der Waals surface area (Å²) >= 11 is 0. The molecule has 0 aromatic rings. The van der Waals surface area contributed by atoms with E-state index in [0.29, 0.717) is 6.04 Å². The number of hydrogen-bond donors (Lipinski definition) is 1. The van der Waals surface area contributed by atoms with Crippen molar-refractivity contribution in [3.63, 3.8) is 0 Å². The van der Waals surface area contributed by atoms with E-state index < -0.39 is 0 Å². The minimum atomic E-state index is 0.252. The molecule has 15 heavy (non-hydrogen) atoms. The average Bonchev–Trinajstić information content (AvgIpc) is 2.23. The van der Waals surface area contributed by atoms with Gasteiger partial charge in [0.15, 0.2) is 0 Å². The summed E-state index contributed by atoms with van der Waals surface area (Å²) in [5.74, 6) is 0. The first-order valence-electron chi connectivity index (χ1n) is 6.17. The minimum absolute atomic E-state index is 0.252. The maximum atomic E-state index is 6.02. The molecule has 2 atom stereocenters. The smallest absolute Gasteiger partial charge is 0.0355 e. The Labute approximate surface area is 94.6 Å². The van der Waals surface area contributed by atoms with Crippen molar-refractivity contribution in [1.29, 1.82) is 0 Å².